The van der Waals surface area contributed by atoms with Crippen LogP contribution in [0.4, 0.5) is 0 Å². The Morgan fingerprint density at radius 3 is 2.50 bits per heavy atom. The van der Waals surface area contributed by atoms with Gasteiger partial charge in [-0.15, -0.1) is 0 Å². The summed E-state index contributed by atoms with van der Waals surface area (Å²) in [5, 5.41) is 6.50. The first-order chi connectivity index (χ1) is 8.84. The molecule has 3 heteroatoms. The van der Waals surface area contributed by atoms with Crippen molar-refractivity contribution in [2.24, 2.45) is 5.92 Å². The van der Waals surface area contributed by atoms with E-state index in [1.807, 2.05) is 0 Å². The van der Waals surface area contributed by atoms with E-state index >= 15 is 0 Å². The third kappa shape index (κ3) is 4.97. The molecule has 0 aromatic rings. The lowest BCUT2D eigenvalue weighted by molar-refractivity contribution is -0.122. The lowest BCUT2D eigenvalue weighted by atomic mass is 9.86. The van der Waals surface area contributed by atoms with E-state index in [0.717, 1.165) is 44.7 Å². The fourth-order valence-corrected chi connectivity index (χ4v) is 3.29. The average molecular weight is 252 g/mol. The SMILES string of the molecule is O=C(CCCC1CCCCC1)NC1CCNCC1. The molecule has 0 aromatic heterocycles. The predicted molar refractivity (Wildman–Crippen MR) is 74.5 cm³/mol. The Labute approximate surface area is 111 Å². The predicted octanol–water partition coefficient (Wildman–Crippen LogP) is 2.61. The number of amides is 1. The molecule has 1 amide bonds. The quantitative estimate of drug-likeness (QED) is 0.789. The van der Waals surface area contributed by atoms with E-state index in [9.17, 15) is 4.79 Å². The van der Waals surface area contributed by atoms with Crippen LogP contribution in [0.3, 0.4) is 0 Å². The number of carbonyl (C=O) groups excluding carboxylic acids is 1. The molecule has 1 saturated heterocycles. The lowest BCUT2D eigenvalue weighted by Gasteiger charge is -2.24. The minimum atomic E-state index is 0.276. The molecule has 2 rings (SSSR count). The van der Waals surface area contributed by atoms with Gasteiger partial charge in [-0.25, -0.2) is 0 Å². The Morgan fingerprint density at radius 1 is 1.06 bits per heavy atom. The van der Waals surface area contributed by atoms with Crippen molar-refractivity contribution < 1.29 is 4.79 Å². The van der Waals surface area contributed by atoms with Gasteiger partial charge in [-0.05, 0) is 44.7 Å². The number of rotatable bonds is 5. The molecule has 1 saturated carbocycles. The molecule has 2 fully saturated rings. The summed E-state index contributed by atoms with van der Waals surface area (Å²) < 4.78 is 0. The van der Waals surface area contributed by atoms with E-state index in [1.54, 1.807) is 0 Å². The Bertz CT molecular complexity index is 243. The fraction of sp³-hybridized carbons (Fsp3) is 0.933. The van der Waals surface area contributed by atoms with Crippen LogP contribution in [0.2, 0.25) is 0 Å². The molecule has 3 nitrogen and oxygen atoms in total. The number of piperidine rings is 1. The Morgan fingerprint density at radius 2 is 1.78 bits per heavy atom. The molecule has 1 aliphatic heterocycles. The molecule has 1 aliphatic carbocycles. The zero-order valence-electron chi connectivity index (χ0n) is 11.5. The maximum absolute atomic E-state index is 11.8. The van der Waals surface area contributed by atoms with Gasteiger partial charge in [-0.2, -0.15) is 0 Å². The standard InChI is InChI=1S/C15H28N2O/c18-15(17-14-9-11-16-12-10-14)8-4-7-13-5-2-1-3-6-13/h13-14,16H,1-12H2,(H,17,18). The van der Waals surface area contributed by atoms with Gasteiger partial charge in [-0.3, -0.25) is 4.79 Å². The maximum Gasteiger partial charge on any atom is 0.220 e. The van der Waals surface area contributed by atoms with Crippen LogP contribution >= 0.6 is 0 Å². The third-order valence-electron chi connectivity index (χ3n) is 4.45. The van der Waals surface area contributed by atoms with Crippen molar-refractivity contribution in [1.29, 1.82) is 0 Å². The summed E-state index contributed by atoms with van der Waals surface area (Å²) in [5.41, 5.74) is 0. The maximum atomic E-state index is 11.8. The number of carbonyl (C=O) groups is 1. The number of nitrogens with one attached hydrogen (secondary N) is 2. The van der Waals surface area contributed by atoms with Gasteiger partial charge >= 0.3 is 0 Å². The highest BCUT2D eigenvalue weighted by Gasteiger charge is 2.16. The normalized spacial score (nSPS) is 22.9. The van der Waals surface area contributed by atoms with Crippen molar-refractivity contribution in [2.75, 3.05) is 13.1 Å². The first-order valence-corrected chi connectivity index (χ1v) is 7.84. The van der Waals surface area contributed by atoms with Crippen LogP contribution in [-0.2, 0) is 4.79 Å². The third-order valence-corrected chi connectivity index (χ3v) is 4.45. The molecule has 2 N–H and O–H groups in total. The largest absolute Gasteiger partial charge is 0.353 e. The fourth-order valence-electron chi connectivity index (χ4n) is 3.29. The first kappa shape index (κ1) is 13.9. The van der Waals surface area contributed by atoms with Gasteiger partial charge < -0.3 is 10.6 Å². The van der Waals surface area contributed by atoms with Crippen molar-refractivity contribution in [3.05, 3.63) is 0 Å². The average Bonchev–Trinajstić information content (AvgIpc) is 2.41. The van der Waals surface area contributed by atoms with Gasteiger partial charge in [0.05, 0.1) is 0 Å². The van der Waals surface area contributed by atoms with Crippen LogP contribution in [-0.4, -0.2) is 25.0 Å². The topological polar surface area (TPSA) is 41.1 Å². The smallest absolute Gasteiger partial charge is 0.220 e. The molecule has 0 spiro atoms. The second-order valence-electron chi connectivity index (χ2n) is 5.99. The van der Waals surface area contributed by atoms with Gasteiger partial charge in [-0.1, -0.05) is 32.1 Å². The summed E-state index contributed by atoms with van der Waals surface area (Å²) in [6, 6.07) is 0.424. The van der Waals surface area contributed by atoms with E-state index < -0.39 is 0 Å². The van der Waals surface area contributed by atoms with E-state index in [-0.39, 0.29) is 5.91 Å². The monoisotopic (exact) mass is 252 g/mol. The first-order valence-electron chi connectivity index (χ1n) is 7.84. The van der Waals surface area contributed by atoms with Crippen molar-refractivity contribution >= 4 is 5.91 Å². The summed E-state index contributed by atoms with van der Waals surface area (Å²) in [6.07, 6.45) is 12.3. The van der Waals surface area contributed by atoms with Gasteiger partial charge in [0.15, 0.2) is 0 Å². The molecule has 0 radical (unpaired) electrons. The molecule has 0 aromatic carbocycles. The van der Waals surface area contributed by atoms with Crippen molar-refractivity contribution in [2.45, 2.75) is 70.3 Å². The summed E-state index contributed by atoms with van der Waals surface area (Å²) >= 11 is 0. The highest BCUT2D eigenvalue weighted by molar-refractivity contribution is 5.76. The van der Waals surface area contributed by atoms with Crippen LogP contribution in [0.5, 0.6) is 0 Å². The second-order valence-corrected chi connectivity index (χ2v) is 5.99. The molecule has 2 aliphatic rings. The van der Waals surface area contributed by atoms with Gasteiger partial charge in [0, 0.05) is 12.5 Å². The van der Waals surface area contributed by atoms with Crippen LogP contribution in [0.25, 0.3) is 0 Å². The molecule has 0 unspecified atom stereocenters. The van der Waals surface area contributed by atoms with Crippen molar-refractivity contribution in [1.82, 2.24) is 10.6 Å². The highest BCUT2D eigenvalue weighted by Crippen LogP contribution is 2.27. The molecule has 104 valence electrons. The summed E-state index contributed by atoms with van der Waals surface area (Å²) in [6.45, 7) is 2.10. The summed E-state index contributed by atoms with van der Waals surface area (Å²) in [5.74, 6) is 1.18. The van der Waals surface area contributed by atoms with E-state index in [4.69, 9.17) is 0 Å². The molecule has 18 heavy (non-hydrogen) atoms. The van der Waals surface area contributed by atoms with E-state index in [1.165, 1.54) is 38.5 Å². The number of hydrogen-bond acceptors (Lipinski definition) is 2. The summed E-state index contributed by atoms with van der Waals surface area (Å²) in [7, 11) is 0. The van der Waals surface area contributed by atoms with Gasteiger partial charge in [0.2, 0.25) is 5.91 Å². The minimum Gasteiger partial charge on any atom is -0.353 e. The van der Waals surface area contributed by atoms with Crippen molar-refractivity contribution in [3.8, 4) is 0 Å². The van der Waals surface area contributed by atoms with Crippen LogP contribution in [0, 0.1) is 5.92 Å². The van der Waals surface area contributed by atoms with Crippen LogP contribution in [0.15, 0.2) is 0 Å². The van der Waals surface area contributed by atoms with Gasteiger partial charge in [0.1, 0.15) is 0 Å². The van der Waals surface area contributed by atoms with E-state index in [0.29, 0.717) is 6.04 Å². The Balaban J connectivity index is 1.53. The van der Waals surface area contributed by atoms with E-state index in [2.05, 4.69) is 10.6 Å². The van der Waals surface area contributed by atoms with Crippen molar-refractivity contribution in [3.63, 3.8) is 0 Å². The molecule has 0 bridgehead atoms. The Kier molecular flexibility index (Phi) is 5.98. The van der Waals surface area contributed by atoms with Gasteiger partial charge in [0.25, 0.3) is 0 Å². The molecule has 0 atom stereocenters. The summed E-state index contributed by atoms with van der Waals surface area (Å²) in [4.78, 5) is 11.8. The zero-order chi connectivity index (χ0) is 12.6. The zero-order valence-corrected chi connectivity index (χ0v) is 11.5. The molecule has 1 heterocycles. The lowest BCUT2D eigenvalue weighted by Crippen LogP contribution is -2.42. The van der Waals surface area contributed by atoms with Crippen LogP contribution in [0.1, 0.15) is 64.2 Å². The highest BCUT2D eigenvalue weighted by atomic mass is 16.1. The minimum absolute atomic E-state index is 0.276. The van der Waals surface area contributed by atoms with Crippen LogP contribution < -0.4 is 10.6 Å². The second kappa shape index (κ2) is 7.78. The Hall–Kier alpha value is -0.570. The number of hydrogen-bond donors (Lipinski definition) is 2. The molecular weight excluding hydrogens is 224 g/mol. The molecular formula is C15H28N2O.